The van der Waals surface area contributed by atoms with Gasteiger partial charge in [0.2, 0.25) is 10.0 Å². The maximum atomic E-state index is 12.2. The third-order valence-corrected chi connectivity index (χ3v) is 6.28. The summed E-state index contributed by atoms with van der Waals surface area (Å²) in [4.78, 5) is 1.04. The van der Waals surface area contributed by atoms with Crippen LogP contribution in [0.15, 0.2) is 16.3 Å². The molecule has 0 radical (unpaired) electrons. The van der Waals surface area contributed by atoms with Crippen molar-refractivity contribution >= 4 is 21.4 Å². The molecule has 1 aliphatic carbocycles. The molecule has 1 heterocycles. The zero-order valence-corrected chi connectivity index (χ0v) is 12.2. The summed E-state index contributed by atoms with van der Waals surface area (Å²) in [6, 6.07) is 3.69. The van der Waals surface area contributed by atoms with Crippen molar-refractivity contribution in [1.82, 2.24) is 10.0 Å². The topological polar surface area (TPSA) is 58.2 Å². The molecule has 0 amide bonds. The van der Waals surface area contributed by atoms with Crippen LogP contribution < -0.4 is 10.0 Å². The molecule has 1 aromatic heterocycles. The minimum absolute atomic E-state index is 0.124. The average molecular weight is 288 g/mol. The van der Waals surface area contributed by atoms with Gasteiger partial charge in [0, 0.05) is 17.5 Å². The standard InChI is InChI=1S/C12H20N2O2S2/c1-13-9-11-7-8-12(17-11)18(15,16)14-10-5-3-2-4-6-10/h7-8,10,13-14H,2-6,9H2,1H3. The van der Waals surface area contributed by atoms with E-state index in [0.29, 0.717) is 10.8 Å². The Hall–Kier alpha value is -0.430. The average Bonchev–Trinajstić information content (AvgIpc) is 2.80. The predicted molar refractivity (Wildman–Crippen MR) is 74.3 cm³/mol. The third-order valence-electron chi connectivity index (χ3n) is 3.18. The summed E-state index contributed by atoms with van der Waals surface area (Å²) in [6.07, 6.45) is 5.41. The maximum Gasteiger partial charge on any atom is 0.250 e. The normalized spacial score (nSPS) is 18.1. The zero-order valence-electron chi connectivity index (χ0n) is 10.6. The number of thiophene rings is 1. The molecule has 1 saturated carbocycles. The molecule has 4 nitrogen and oxygen atoms in total. The van der Waals surface area contributed by atoms with E-state index in [1.54, 1.807) is 6.07 Å². The molecule has 1 aliphatic rings. The highest BCUT2D eigenvalue weighted by Crippen LogP contribution is 2.24. The summed E-state index contributed by atoms with van der Waals surface area (Å²) in [5, 5.41) is 3.03. The zero-order chi connectivity index (χ0) is 13.0. The molecule has 2 N–H and O–H groups in total. The Kier molecular flexibility index (Phi) is 4.77. The number of sulfonamides is 1. The highest BCUT2D eigenvalue weighted by atomic mass is 32.2. The van der Waals surface area contributed by atoms with Crippen LogP contribution in [0.2, 0.25) is 0 Å². The summed E-state index contributed by atoms with van der Waals surface area (Å²) < 4.78 is 27.7. The minimum Gasteiger partial charge on any atom is -0.315 e. The van der Waals surface area contributed by atoms with Crippen LogP contribution >= 0.6 is 11.3 Å². The van der Waals surface area contributed by atoms with Crippen LogP contribution in [0.25, 0.3) is 0 Å². The first-order valence-electron chi connectivity index (χ1n) is 6.37. The van der Waals surface area contributed by atoms with E-state index in [-0.39, 0.29) is 6.04 Å². The molecule has 1 aromatic rings. The molecule has 2 rings (SSSR count). The molecule has 0 aromatic carbocycles. The predicted octanol–water partition coefficient (Wildman–Crippen LogP) is 2.08. The summed E-state index contributed by atoms with van der Waals surface area (Å²) >= 11 is 1.34. The number of hydrogen-bond donors (Lipinski definition) is 2. The Balaban J connectivity index is 2.04. The SMILES string of the molecule is CNCc1ccc(S(=O)(=O)NC2CCCCC2)s1. The van der Waals surface area contributed by atoms with E-state index in [1.807, 2.05) is 13.1 Å². The van der Waals surface area contributed by atoms with E-state index >= 15 is 0 Å². The van der Waals surface area contributed by atoms with Crippen LogP contribution in [0.4, 0.5) is 0 Å². The van der Waals surface area contributed by atoms with Crippen molar-refractivity contribution in [3.8, 4) is 0 Å². The second kappa shape index (κ2) is 6.14. The Bertz CT molecular complexity index is 476. The van der Waals surface area contributed by atoms with E-state index < -0.39 is 10.0 Å². The number of nitrogens with one attached hydrogen (secondary N) is 2. The van der Waals surface area contributed by atoms with Gasteiger partial charge in [-0.2, -0.15) is 0 Å². The fourth-order valence-electron chi connectivity index (χ4n) is 2.27. The molecule has 0 atom stereocenters. The molecule has 0 unspecified atom stereocenters. The van der Waals surface area contributed by atoms with E-state index in [9.17, 15) is 8.42 Å². The summed E-state index contributed by atoms with van der Waals surface area (Å²) in [5.41, 5.74) is 0. The van der Waals surface area contributed by atoms with Crippen LogP contribution in [0.3, 0.4) is 0 Å². The summed E-state index contributed by atoms with van der Waals surface area (Å²) in [5.74, 6) is 0. The molecular weight excluding hydrogens is 268 g/mol. The highest BCUT2D eigenvalue weighted by Gasteiger charge is 2.23. The van der Waals surface area contributed by atoms with Gasteiger partial charge in [-0.3, -0.25) is 0 Å². The summed E-state index contributed by atoms with van der Waals surface area (Å²) in [6.45, 7) is 0.712. The smallest absolute Gasteiger partial charge is 0.250 e. The quantitative estimate of drug-likeness (QED) is 0.872. The number of rotatable bonds is 5. The third kappa shape index (κ3) is 3.54. The van der Waals surface area contributed by atoms with Gasteiger partial charge in [-0.15, -0.1) is 11.3 Å². The fourth-order valence-corrected chi connectivity index (χ4v) is 4.96. The maximum absolute atomic E-state index is 12.2. The molecule has 18 heavy (non-hydrogen) atoms. The molecule has 0 bridgehead atoms. The second-order valence-corrected chi connectivity index (χ2v) is 7.82. The summed E-state index contributed by atoms with van der Waals surface area (Å²) in [7, 11) is -1.46. The molecular formula is C12H20N2O2S2. The van der Waals surface area contributed by atoms with Crippen LogP contribution in [0.5, 0.6) is 0 Å². The van der Waals surface area contributed by atoms with Gasteiger partial charge in [0.05, 0.1) is 0 Å². The van der Waals surface area contributed by atoms with Crippen molar-refractivity contribution in [3.05, 3.63) is 17.0 Å². The van der Waals surface area contributed by atoms with Crippen molar-refractivity contribution in [2.24, 2.45) is 0 Å². The van der Waals surface area contributed by atoms with Gasteiger partial charge in [-0.1, -0.05) is 19.3 Å². The molecule has 102 valence electrons. The first kappa shape index (κ1) is 14.0. The van der Waals surface area contributed by atoms with Gasteiger partial charge in [-0.05, 0) is 32.0 Å². The van der Waals surface area contributed by atoms with Crippen LogP contribution in [-0.4, -0.2) is 21.5 Å². The van der Waals surface area contributed by atoms with Crippen molar-refractivity contribution in [1.29, 1.82) is 0 Å². The molecule has 0 saturated heterocycles. The Morgan fingerprint density at radius 2 is 2.00 bits per heavy atom. The lowest BCUT2D eigenvalue weighted by molar-refractivity contribution is 0.412. The first-order chi connectivity index (χ1) is 8.62. The van der Waals surface area contributed by atoms with Crippen molar-refractivity contribution in [3.63, 3.8) is 0 Å². The lowest BCUT2D eigenvalue weighted by Crippen LogP contribution is -2.35. The molecule has 1 fully saturated rings. The van der Waals surface area contributed by atoms with Gasteiger partial charge < -0.3 is 5.32 Å². The van der Waals surface area contributed by atoms with Crippen LogP contribution in [0, 0.1) is 0 Å². The van der Waals surface area contributed by atoms with Gasteiger partial charge >= 0.3 is 0 Å². The van der Waals surface area contributed by atoms with Gasteiger partial charge in [0.15, 0.2) is 0 Å². The molecule has 0 spiro atoms. The van der Waals surface area contributed by atoms with Crippen molar-refractivity contribution in [2.45, 2.75) is 48.9 Å². The second-order valence-electron chi connectivity index (χ2n) is 4.71. The molecule has 6 heteroatoms. The first-order valence-corrected chi connectivity index (χ1v) is 8.67. The molecule has 0 aliphatic heterocycles. The van der Waals surface area contributed by atoms with Crippen molar-refractivity contribution < 1.29 is 8.42 Å². The number of hydrogen-bond acceptors (Lipinski definition) is 4. The lowest BCUT2D eigenvalue weighted by Gasteiger charge is -2.22. The Morgan fingerprint density at radius 3 is 2.67 bits per heavy atom. The lowest BCUT2D eigenvalue weighted by atomic mass is 9.96. The Labute approximate surface area is 113 Å². The van der Waals surface area contributed by atoms with Crippen molar-refractivity contribution in [2.75, 3.05) is 7.05 Å². The largest absolute Gasteiger partial charge is 0.315 e. The van der Waals surface area contributed by atoms with Gasteiger partial charge in [0.25, 0.3) is 0 Å². The van der Waals surface area contributed by atoms with E-state index in [1.165, 1.54) is 17.8 Å². The Morgan fingerprint density at radius 1 is 1.28 bits per heavy atom. The van der Waals surface area contributed by atoms with Crippen LogP contribution in [-0.2, 0) is 16.6 Å². The van der Waals surface area contributed by atoms with E-state index in [2.05, 4.69) is 10.0 Å². The van der Waals surface area contributed by atoms with Gasteiger partial charge in [0.1, 0.15) is 4.21 Å². The fraction of sp³-hybridized carbons (Fsp3) is 0.667. The van der Waals surface area contributed by atoms with E-state index in [4.69, 9.17) is 0 Å². The monoisotopic (exact) mass is 288 g/mol. The minimum atomic E-state index is -3.32. The van der Waals surface area contributed by atoms with E-state index in [0.717, 1.165) is 30.6 Å². The van der Waals surface area contributed by atoms with Crippen LogP contribution in [0.1, 0.15) is 37.0 Å². The highest BCUT2D eigenvalue weighted by molar-refractivity contribution is 7.91. The van der Waals surface area contributed by atoms with Gasteiger partial charge in [-0.25, -0.2) is 13.1 Å².